The van der Waals surface area contributed by atoms with Crippen molar-refractivity contribution in [3.8, 4) is 0 Å². The zero-order chi connectivity index (χ0) is 9.84. The Morgan fingerprint density at radius 2 is 2.23 bits per heavy atom. The number of aldehydes is 1. The van der Waals surface area contributed by atoms with Gasteiger partial charge in [0.05, 0.1) is 18.2 Å². The maximum absolute atomic E-state index is 11.1. The first-order chi connectivity index (χ1) is 6.20. The van der Waals surface area contributed by atoms with Crippen LogP contribution in [-0.4, -0.2) is 19.4 Å². The second-order valence-electron chi connectivity index (χ2n) is 2.42. The fourth-order valence-corrected chi connectivity index (χ4v) is 1.00. The molecule has 1 rings (SSSR count). The van der Waals surface area contributed by atoms with Crippen LogP contribution in [0.3, 0.4) is 0 Å². The Labute approximate surface area is 75.3 Å². The van der Waals surface area contributed by atoms with Crippen molar-refractivity contribution in [2.75, 3.05) is 12.8 Å². The number of anilines is 1. The molecule has 1 aromatic carbocycles. The Morgan fingerprint density at radius 1 is 1.54 bits per heavy atom. The van der Waals surface area contributed by atoms with Crippen molar-refractivity contribution < 1.29 is 14.3 Å². The van der Waals surface area contributed by atoms with Gasteiger partial charge in [-0.1, -0.05) is 6.07 Å². The topological polar surface area (TPSA) is 69.4 Å². The van der Waals surface area contributed by atoms with Crippen LogP contribution in [0.5, 0.6) is 0 Å². The first-order valence-corrected chi connectivity index (χ1v) is 3.62. The average Bonchev–Trinajstić information content (AvgIpc) is 2.16. The fourth-order valence-electron chi connectivity index (χ4n) is 1.00. The molecule has 0 bridgehead atoms. The smallest absolute Gasteiger partial charge is 0.338 e. The summed E-state index contributed by atoms with van der Waals surface area (Å²) in [6, 6.07) is 4.64. The van der Waals surface area contributed by atoms with E-state index < -0.39 is 5.97 Å². The van der Waals surface area contributed by atoms with Gasteiger partial charge in [0.2, 0.25) is 0 Å². The normalized spacial score (nSPS) is 9.31. The predicted octanol–water partition coefficient (Wildman–Crippen LogP) is 0.868. The van der Waals surface area contributed by atoms with Gasteiger partial charge in [0.15, 0.2) is 6.29 Å². The third kappa shape index (κ3) is 1.66. The minimum Gasteiger partial charge on any atom is -0.465 e. The molecule has 0 spiro atoms. The van der Waals surface area contributed by atoms with Crippen molar-refractivity contribution in [1.82, 2.24) is 0 Å². The predicted molar refractivity (Wildman–Crippen MR) is 47.6 cm³/mol. The van der Waals surface area contributed by atoms with Gasteiger partial charge in [-0.3, -0.25) is 4.79 Å². The first-order valence-electron chi connectivity index (χ1n) is 3.62. The van der Waals surface area contributed by atoms with Gasteiger partial charge in [0, 0.05) is 5.69 Å². The van der Waals surface area contributed by atoms with Gasteiger partial charge in [-0.2, -0.15) is 0 Å². The van der Waals surface area contributed by atoms with E-state index >= 15 is 0 Å². The molecule has 0 aliphatic heterocycles. The number of benzene rings is 1. The van der Waals surface area contributed by atoms with Crippen molar-refractivity contribution in [2.24, 2.45) is 0 Å². The van der Waals surface area contributed by atoms with Crippen molar-refractivity contribution in [2.45, 2.75) is 0 Å². The standard InChI is InChI=1S/C9H9NO3/c1-13-9(12)6-3-2-4-8(10)7(6)5-11/h2-5H,10H2,1H3. The lowest BCUT2D eigenvalue weighted by Crippen LogP contribution is -2.07. The molecule has 13 heavy (non-hydrogen) atoms. The van der Waals surface area contributed by atoms with E-state index in [2.05, 4.69) is 4.74 Å². The van der Waals surface area contributed by atoms with Gasteiger partial charge in [-0.25, -0.2) is 4.79 Å². The Balaban J connectivity index is 3.28. The second kappa shape index (κ2) is 3.71. The number of rotatable bonds is 2. The summed E-state index contributed by atoms with van der Waals surface area (Å²) in [5.41, 5.74) is 6.13. The average molecular weight is 179 g/mol. The Morgan fingerprint density at radius 3 is 2.77 bits per heavy atom. The molecule has 0 amide bonds. The lowest BCUT2D eigenvalue weighted by atomic mass is 10.1. The molecule has 0 aromatic heterocycles. The van der Waals surface area contributed by atoms with Crippen LogP contribution >= 0.6 is 0 Å². The molecule has 68 valence electrons. The van der Waals surface area contributed by atoms with Crippen LogP contribution in [0.4, 0.5) is 5.69 Å². The third-order valence-corrected chi connectivity index (χ3v) is 1.66. The van der Waals surface area contributed by atoms with Crippen LogP contribution in [0.1, 0.15) is 20.7 Å². The van der Waals surface area contributed by atoms with Crippen LogP contribution in [0, 0.1) is 0 Å². The second-order valence-corrected chi connectivity index (χ2v) is 2.42. The first kappa shape index (κ1) is 9.25. The molecule has 1 aromatic rings. The lowest BCUT2D eigenvalue weighted by Gasteiger charge is -2.04. The van der Waals surface area contributed by atoms with Crippen molar-refractivity contribution in [3.63, 3.8) is 0 Å². The number of esters is 1. The van der Waals surface area contributed by atoms with E-state index in [4.69, 9.17) is 5.73 Å². The Bertz CT molecular complexity index is 347. The highest BCUT2D eigenvalue weighted by Gasteiger charge is 2.12. The molecular weight excluding hydrogens is 170 g/mol. The van der Waals surface area contributed by atoms with E-state index in [0.717, 1.165) is 0 Å². The van der Waals surface area contributed by atoms with Gasteiger partial charge in [-0.05, 0) is 12.1 Å². The molecule has 4 nitrogen and oxygen atoms in total. The maximum atomic E-state index is 11.1. The van der Waals surface area contributed by atoms with Crippen molar-refractivity contribution in [1.29, 1.82) is 0 Å². The summed E-state index contributed by atoms with van der Waals surface area (Å²) in [6.07, 6.45) is 0.543. The maximum Gasteiger partial charge on any atom is 0.338 e. The molecule has 0 saturated heterocycles. The Hall–Kier alpha value is -1.84. The highest BCUT2D eigenvalue weighted by molar-refractivity contribution is 6.01. The van der Waals surface area contributed by atoms with Gasteiger partial charge >= 0.3 is 5.97 Å². The molecule has 0 saturated carbocycles. The van der Waals surface area contributed by atoms with Crippen LogP contribution in [0.25, 0.3) is 0 Å². The van der Waals surface area contributed by atoms with Gasteiger partial charge in [-0.15, -0.1) is 0 Å². The molecule has 0 aliphatic carbocycles. The van der Waals surface area contributed by atoms with E-state index in [1.165, 1.54) is 13.2 Å². The number of hydrogen-bond acceptors (Lipinski definition) is 4. The lowest BCUT2D eigenvalue weighted by molar-refractivity contribution is 0.0598. The number of ether oxygens (including phenoxy) is 1. The fraction of sp³-hybridized carbons (Fsp3) is 0.111. The van der Waals surface area contributed by atoms with Crippen LogP contribution in [0.2, 0.25) is 0 Å². The molecule has 0 unspecified atom stereocenters. The monoisotopic (exact) mass is 179 g/mol. The van der Waals surface area contributed by atoms with E-state index in [-0.39, 0.29) is 16.8 Å². The minimum atomic E-state index is -0.561. The van der Waals surface area contributed by atoms with Crippen molar-refractivity contribution in [3.05, 3.63) is 29.3 Å². The van der Waals surface area contributed by atoms with Crippen LogP contribution in [0.15, 0.2) is 18.2 Å². The molecule has 0 radical (unpaired) electrons. The highest BCUT2D eigenvalue weighted by Crippen LogP contribution is 2.15. The highest BCUT2D eigenvalue weighted by atomic mass is 16.5. The number of carbonyl (C=O) groups is 2. The number of methoxy groups -OCH3 is 1. The summed E-state index contributed by atoms with van der Waals surface area (Å²) in [5.74, 6) is -0.561. The summed E-state index contributed by atoms with van der Waals surface area (Å²) in [6.45, 7) is 0. The molecular formula is C9H9NO3. The quantitative estimate of drug-likeness (QED) is 0.415. The number of hydrogen-bond donors (Lipinski definition) is 1. The minimum absolute atomic E-state index is 0.175. The molecule has 4 heteroatoms. The van der Waals surface area contributed by atoms with Gasteiger partial charge < -0.3 is 10.5 Å². The van der Waals surface area contributed by atoms with Crippen molar-refractivity contribution >= 4 is 17.9 Å². The zero-order valence-electron chi connectivity index (χ0n) is 7.11. The largest absolute Gasteiger partial charge is 0.465 e. The van der Waals surface area contributed by atoms with E-state index in [0.29, 0.717) is 6.29 Å². The summed E-state index contributed by atoms with van der Waals surface area (Å²) >= 11 is 0. The number of carbonyl (C=O) groups excluding carboxylic acids is 2. The summed E-state index contributed by atoms with van der Waals surface area (Å²) < 4.78 is 4.48. The van der Waals surface area contributed by atoms with Gasteiger partial charge in [0.1, 0.15) is 0 Å². The number of nitrogens with two attached hydrogens (primary N) is 1. The Kier molecular flexibility index (Phi) is 2.64. The third-order valence-electron chi connectivity index (χ3n) is 1.66. The van der Waals surface area contributed by atoms with E-state index in [1.807, 2.05) is 0 Å². The van der Waals surface area contributed by atoms with Crippen LogP contribution in [-0.2, 0) is 4.74 Å². The molecule has 0 atom stereocenters. The molecule has 2 N–H and O–H groups in total. The van der Waals surface area contributed by atoms with Crippen LogP contribution < -0.4 is 5.73 Å². The summed E-state index contributed by atoms with van der Waals surface area (Å²) in [7, 11) is 1.25. The summed E-state index contributed by atoms with van der Waals surface area (Å²) in [5, 5.41) is 0. The molecule has 0 heterocycles. The van der Waals surface area contributed by atoms with E-state index in [1.54, 1.807) is 12.1 Å². The molecule has 0 aliphatic rings. The zero-order valence-corrected chi connectivity index (χ0v) is 7.11. The molecule has 0 fully saturated rings. The number of nitrogen functional groups attached to an aromatic ring is 1. The van der Waals surface area contributed by atoms with E-state index in [9.17, 15) is 9.59 Å². The SMILES string of the molecule is COC(=O)c1cccc(N)c1C=O. The van der Waals surface area contributed by atoms with Gasteiger partial charge in [0.25, 0.3) is 0 Å². The summed E-state index contributed by atoms with van der Waals surface area (Å²) in [4.78, 5) is 21.7.